The maximum Gasteiger partial charge on any atom is 0.348 e. The van der Waals surface area contributed by atoms with E-state index in [9.17, 15) is 14.4 Å². The summed E-state index contributed by atoms with van der Waals surface area (Å²) in [6, 6.07) is 2.63. The third kappa shape index (κ3) is 3.74. The van der Waals surface area contributed by atoms with Gasteiger partial charge in [0.1, 0.15) is 4.88 Å². The van der Waals surface area contributed by atoms with Crippen molar-refractivity contribution in [2.45, 2.75) is 44.1 Å². The molecule has 3 amide bonds. The molecule has 26 heavy (non-hydrogen) atoms. The molecule has 0 aromatic carbocycles. The highest BCUT2D eigenvalue weighted by atomic mass is 35.5. The Bertz CT molecular complexity index is 712. The molecule has 0 atom stereocenters. The van der Waals surface area contributed by atoms with E-state index in [2.05, 4.69) is 10.6 Å². The topological polar surface area (TPSA) is 84.5 Å². The Kier molecular flexibility index (Phi) is 4.69. The summed E-state index contributed by atoms with van der Waals surface area (Å²) < 4.78 is 5.39. The largest absolute Gasteiger partial charge is 0.451 e. The average molecular weight is 397 g/mol. The van der Waals surface area contributed by atoms with Gasteiger partial charge in [0.05, 0.1) is 4.34 Å². The van der Waals surface area contributed by atoms with Crippen LogP contribution in [0.4, 0.5) is 4.79 Å². The maximum absolute atomic E-state index is 12.3. The molecule has 4 aliphatic carbocycles. The van der Waals surface area contributed by atoms with Gasteiger partial charge in [-0.15, -0.1) is 11.3 Å². The third-order valence-electron chi connectivity index (χ3n) is 5.78. The van der Waals surface area contributed by atoms with Gasteiger partial charge in [-0.2, -0.15) is 0 Å². The number of rotatable bonds is 4. The molecule has 0 unspecified atom stereocenters. The van der Waals surface area contributed by atoms with Crippen LogP contribution in [0.2, 0.25) is 4.34 Å². The number of esters is 1. The zero-order chi connectivity index (χ0) is 18.3. The SMILES string of the molecule is O=C(COC(=O)c1ccc(Cl)s1)NC(=O)NC12CC3CC(CC(C3)C1)C2. The molecule has 5 rings (SSSR count). The number of carbonyl (C=O) groups excluding carboxylic acids is 3. The molecule has 4 bridgehead atoms. The fourth-order valence-electron chi connectivity index (χ4n) is 5.32. The molecule has 0 radical (unpaired) electrons. The maximum atomic E-state index is 12.3. The molecule has 0 aliphatic heterocycles. The van der Waals surface area contributed by atoms with Crippen molar-refractivity contribution in [1.82, 2.24) is 10.6 Å². The number of hydrogen-bond donors (Lipinski definition) is 2. The van der Waals surface area contributed by atoms with Crippen LogP contribution >= 0.6 is 22.9 Å². The lowest BCUT2D eigenvalue weighted by atomic mass is 9.53. The summed E-state index contributed by atoms with van der Waals surface area (Å²) in [7, 11) is 0. The van der Waals surface area contributed by atoms with Crippen molar-refractivity contribution in [2.24, 2.45) is 17.8 Å². The van der Waals surface area contributed by atoms with Gasteiger partial charge < -0.3 is 10.1 Å². The summed E-state index contributed by atoms with van der Waals surface area (Å²) in [5.41, 5.74) is -0.163. The second-order valence-corrected chi connectivity index (χ2v) is 9.60. The first-order chi connectivity index (χ1) is 12.4. The number of amides is 3. The predicted octanol–water partition coefficient (Wildman–Crippen LogP) is 3.35. The number of hydrogen-bond acceptors (Lipinski definition) is 5. The van der Waals surface area contributed by atoms with Crippen LogP contribution < -0.4 is 10.6 Å². The van der Waals surface area contributed by atoms with Crippen LogP contribution in [0.15, 0.2) is 12.1 Å². The van der Waals surface area contributed by atoms with Crippen LogP contribution in [0.1, 0.15) is 48.2 Å². The molecule has 4 saturated carbocycles. The minimum atomic E-state index is -0.636. The van der Waals surface area contributed by atoms with E-state index in [1.165, 1.54) is 25.3 Å². The van der Waals surface area contributed by atoms with E-state index >= 15 is 0 Å². The molecule has 4 fully saturated rings. The van der Waals surface area contributed by atoms with Gasteiger partial charge in [-0.25, -0.2) is 9.59 Å². The highest BCUT2D eigenvalue weighted by molar-refractivity contribution is 7.17. The van der Waals surface area contributed by atoms with Crippen molar-refractivity contribution in [2.75, 3.05) is 6.61 Å². The highest BCUT2D eigenvalue weighted by Gasteiger charge is 2.51. The van der Waals surface area contributed by atoms with E-state index in [0.29, 0.717) is 27.0 Å². The molecule has 0 saturated heterocycles. The van der Waals surface area contributed by atoms with Crippen molar-refractivity contribution in [3.8, 4) is 0 Å². The Morgan fingerprint density at radius 2 is 1.73 bits per heavy atom. The van der Waals surface area contributed by atoms with E-state index in [-0.39, 0.29) is 5.54 Å². The van der Waals surface area contributed by atoms with Gasteiger partial charge in [-0.05, 0) is 68.4 Å². The van der Waals surface area contributed by atoms with E-state index in [4.69, 9.17) is 16.3 Å². The van der Waals surface area contributed by atoms with Gasteiger partial charge in [0, 0.05) is 5.54 Å². The number of nitrogens with one attached hydrogen (secondary N) is 2. The second-order valence-electron chi connectivity index (χ2n) is 7.88. The number of halogens is 1. The lowest BCUT2D eigenvalue weighted by Crippen LogP contribution is -2.62. The quantitative estimate of drug-likeness (QED) is 0.764. The first kappa shape index (κ1) is 17.8. The average Bonchev–Trinajstić information content (AvgIpc) is 2.97. The Labute approximate surface area is 160 Å². The summed E-state index contributed by atoms with van der Waals surface area (Å²) in [6.45, 7) is -0.497. The number of urea groups is 1. The van der Waals surface area contributed by atoms with E-state index in [1.807, 2.05) is 0 Å². The Morgan fingerprint density at radius 1 is 1.12 bits per heavy atom. The number of imide groups is 1. The van der Waals surface area contributed by atoms with Gasteiger partial charge in [-0.1, -0.05) is 11.6 Å². The zero-order valence-corrected chi connectivity index (χ0v) is 15.8. The minimum Gasteiger partial charge on any atom is -0.451 e. The van der Waals surface area contributed by atoms with Crippen LogP contribution in [-0.4, -0.2) is 30.1 Å². The van der Waals surface area contributed by atoms with Crippen LogP contribution in [-0.2, 0) is 9.53 Å². The Morgan fingerprint density at radius 3 is 2.27 bits per heavy atom. The van der Waals surface area contributed by atoms with Crippen LogP contribution in [0.25, 0.3) is 0 Å². The minimum absolute atomic E-state index is 0.163. The van der Waals surface area contributed by atoms with Crippen molar-refractivity contribution >= 4 is 40.8 Å². The van der Waals surface area contributed by atoms with Crippen molar-refractivity contribution in [3.63, 3.8) is 0 Å². The second kappa shape index (κ2) is 6.85. The summed E-state index contributed by atoms with van der Waals surface area (Å²) in [5.74, 6) is 0.851. The fourth-order valence-corrected chi connectivity index (χ4v) is 6.26. The first-order valence-corrected chi connectivity index (χ1v) is 10.1. The molecule has 8 heteroatoms. The summed E-state index contributed by atoms with van der Waals surface area (Å²) in [5, 5.41) is 5.33. The number of carbonyl (C=O) groups is 3. The van der Waals surface area contributed by atoms with Crippen LogP contribution in [0.5, 0.6) is 0 Å². The van der Waals surface area contributed by atoms with Crippen molar-refractivity contribution in [1.29, 1.82) is 0 Å². The molecule has 0 spiro atoms. The van der Waals surface area contributed by atoms with Crippen molar-refractivity contribution < 1.29 is 19.1 Å². The zero-order valence-electron chi connectivity index (χ0n) is 14.3. The number of ether oxygens (including phenoxy) is 1. The fraction of sp³-hybridized carbons (Fsp3) is 0.611. The van der Waals surface area contributed by atoms with Crippen molar-refractivity contribution in [3.05, 3.63) is 21.3 Å². The molecule has 6 nitrogen and oxygen atoms in total. The molecule has 2 N–H and O–H groups in total. The lowest BCUT2D eigenvalue weighted by Gasteiger charge is -2.56. The smallest absolute Gasteiger partial charge is 0.348 e. The summed E-state index contributed by atoms with van der Waals surface area (Å²) >= 11 is 6.84. The van der Waals surface area contributed by atoms with Gasteiger partial charge in [-0.3, -0.25) is 10.1 Å². The van der Waals surface area contributed by atoms with Gasteiger partial charge in [0.25, 0.3) is 5.91 Å². The molecule has 1 aromatic heterocycles. The lowest BCUT2D eigenvalue weighted by molar-refractivity contribution is -0.123. The highest BCUT2D eigenvalue weighted by Crippen LogP contribution is 2.55. The molecular weight excluding hydrogens is 376 g/mol. The summed E-state index contributed by atoms with van der Waals surface area (Å²) in [4.78, 5) is 36.3. The standard InChI is InChI=1S/C18H21ClN2O4S/c19-14-2-1-13(26-14)16(23)25-9-15(22)20-17(24)21-18-6-10-3-11(7-18)5-12(4-10)8-18/h1-2,10-12H,3-9H2,(H2,20,21,22,24). The third-order valence-corrected chi connectivity index (χ3v) is 6.99. The van der Waals surface area contributed by atoms with Gasteiger partial charge in [0.15, 0.2) is 6.61 Å². The predicted molar refractivity (Wildman–Crippen MR) is 97.2 cm³/mol. The Balaban J connectivity index is 1.26. The van der Waals surface area contributed by atoms with Gasteiger partial charge in [0.2, 0.25) is 0 Å². The van der Waals surface area contributed by atoms with Crippen LogP contribution in [0.3, 0.4) is 0 Å². The molecule has 1 heterocycles. The van der Waals surface area contributed by atoms with E-state index in [0.717, 1.165) is 30.6 Å². The number of thiophene rings is 1. The van der Waals surface area contributed by atoms with E-state index < -0.39 is 24.5 Å². The normalized spacial score (nSPS) is 31.5. The first-order valence-electron chi connectivity index (χ1n) is 8.95. The molecular formula is C18H21ClN2O4S. The Hall–Kier alpha value is -1.60. The molecule has 1 aromatic rings. The molecule has 4 aliphatic rings. The van der Waals surface area contributed by atoms with Crippen LogP contribution in [0, 0.1) is 17.8 Å². The molecule has 140 valence electrons. The monoisotopic (exact) mass is 396 g/mol. The van der Waals surface area contributed by atoms with E-state index in [1.54, 1.807) is 6.07 Å². The van der Waals surface area contributed by atoms with Gasteiger partial charge >= 0.3 is 12.0 Å². The summed E-state index contributed by atoms with van der Waals surface area (Å²) in [6.07, 6.45) is 6.87.